The molecule has 1 aromatic carbocycles. The van der Waals surface area contributed by atoms with Crippen LogP contribution in [0.15, 0.2) is 28.8 Å². The smallest absolute Gasteiger partial charge is 0.196 e. The number of hydrogen-bond acceptors (Lipinski definition) is 3. The summed E-state index contributed by atoms with van der Waals surface area (Å²) in [6.07, 6.45) is 5.06. The third kappa shape index (κ3) is 3.01. The molecule has 0 spiro atoms. The number of aromatic nitrogens is 1. The molecule has 1 aliphatic rings. The lowest BCUT2D eigenvalue weighted by atomic mass is 10.1. The Bertz CT molecular complexity index is 575. The third-order valence-electron chi connectivity index (χ3n) is 3.35. The Kier molecular flexibility index (Phi) is 3.34. The summed E-state index contributed by atoms with van der Waals surface area (Å²) < 4.78 is 18.9. The first-order chi connectivity index (χ1) is 9.22. The fraction of sp³-hybridized carbons (Fsp3) is 0.400. The Labute approximate surface area is 111 Å². The second-order valence-corrected chi connectivity index (χ2v) is 5.06. The number of aryl methyl sites for hydroxylation is 1. The van der Waals surface area contributed by atoms with Crippen molar-refractivity contribution in [1.82, 2.24) is 10.3 Å². The van der Waals surface area contributed by atoms with E-state index in [9.17, 15) is 4.39 Å². The lowest BCUT2D eigenvalue weighted by molar-refractivity contribution is 0.494. The highest BCUT2D eigenvalue weighted by Gasteiger charge is 2.20. The Morgan fingerprint density at radius 2 is 2.26 bits per heavy atom. The van der Waals surface area contributed by atoms with Gasteiger partial charge in [0, 0.05) is 24.6 Å². The van der Waals surface area contributed by atoms with Gasteiger partial charge in [0.15, 0.2) is 11.7 Å². The van der Waals surface area contributed by atoms with Crippen LogP contribution in [0.3, 0.4) is 0 Å². The molecule has 3 rings (SSSR count). The number of nitrogens with zero attached hydrogens (tertiary/aromatic N) is 1. The molecule has 1 aliphatic carbocycles. The zero-order valence-electron chi connectivity index (χ0n) is 10.9. The maximum absolute atomic E-state index is 13.2. The van der Waals surface area contributed by atoms with Crippen LogP contribution in [0.25, 0.3) is 11.3 Å². The summed E-state index contributed by atoms with van der Waals surface area (Å²) in [7, 11) is 0. The van der Waals surface area contributed by atoms with Crippen LogP contribution >= 0.6 is 0 Å². The molecule has 4 heteroatoms. The maximum atomic E-state index is 13.2. The summed E-state index contributed by atoms with van der Waals surface area (Å²) in [5.74, 6) is 1.23. The van der Waals surface area contributed by atoms with Gasteiger partial charge in [0.1, 0.15) is 5.82 Å². The van der Waals surface area contributed by atoms with Crippen molar-refractivity contribution >= 4 is 0 Å². The Morgan fingerprint density at radius 3 is 3.00 bits per heavy atom. The molecule has 1 aromatic heterocycles. The van der Waals surface area contributed by atoms with Gasteiger partial charge in [0.2, 0.25) is 0 Å². The van der Waals surface area contributed by atoms with E-state index < -0.39 is 0 Å². The molecule has 3 nitrogen and oxygen atoms in total. The first-order valence-corrected chi connectivity index (χ1v) is 6.67. The minimum Gasteiger partial charge on any atom is -0.441 e. The van der Waals surface area contributed by atoms with E-state index in [1.54, 1.807) is 25.3 Å². The van der Waals surface area contributed by atoms with E-state index in [0.29, 0.717) is 17.4 Å². The molecule has 19 heavy (non-hydrogen) atoms. The first kappa shape index (κ1) is 12.4. The molecule has 0 atom stereocenters. The van der Waals surface area contributed by atoms with E-state index in [1.807, 2.05) is 0 Å². The van der Waals surface area contributed by atoms with Crippen LogP contribution in [0, 0.1) is 12.7 Å². The largest absolute Gasteiger partial charge is 0.441 e. The van der Waals surface area contributed by atoms with E-state index in [0.717, 1.165) is 24.4 Å². The standard InChI is InChI=1S/C15H17FN2O/c1-10-8-11(2-5-13(10)16)14-9-18-15(19-14)6-7-17-12-3-4-12/h2,5,8-9,12,17H,3-4,6-7H2,1H3. The van der Waals surface area contributed by atoms with Gasteiger partial charge in [0.05, 0.1) is 6.20 Å². The number of nitrogens with one attached hydrogen (secondary N) is 1. The van der Waals surface area contributed by atoms with E-state index >= 15 is 0 Å². The summed E-state index contributed by atoms with van der Waals surface area (Å²) in [5.41, 5.74) is 1.48. The van der Waals surface area contributed by atoms with Crippen molar-refractivity contribution in [2.45, 2.75) is 32.2 Å². The highest BCUT2D eigenvalue weighted by Crippen LogP contribution is 2.23. The maximum Gasteiger partial charge on any atom is 0.196 e. The predicted octanol–water partition coefficient (Wildman–Crippen LogP) is 3.08. The van der Waals surface area contributed by atoms with Crippen LogP contribution in [0.5, 0.6) is 0 Å². The van der Waals surface area contributed by atoms with Crippen molar-refractivity contribution in [3.63, 3.8) is 0 Å². The molecule has 0 unspecified atom stereocenters. The van der Waals surface area contributed by atoms with Gasteiger partial charge in [-0.2, -0.15) is 0 Å². The lowest BCUT2D eigenvalue weighted by Gasteiger charge is -2.00. The van der Waals surface area contributed by atoms with Crippen LogP contribution in [0.1, 0.15) is 24.3 Å². The Hall–Kier alpha value is -1.68. The van der Waals surface area contributed by atoms with Crippen LogP contribution in [0.2, 0.25) is 0 Å². The van der Waals surface area contributed by atoms with E-state index in [4.69, 9.17) is 4.42 Å². The van der Waals surface area contributed by atoms with Gasteiger partial charge in [-0.05, 0) is 43.5 Å². The van der Waals surface area contributed by atoms with Crippen molar-refractivity contribution in [2.75, 3.05) is 6.54 Å². The van der Waals surface area contributed by atoms with Crippen molar-refractivity contribution in [3.8, 4) is 11.3 Å². The van der Waals surface area contributed by atoms with Crippen LogP contribution in [-0.4, -0.2) is 17.6 Å². The first-order valence-electron chi connectivity index (χ1n) is 6.67. The molecule has 0 bridgehead atoms. The summed E-state index contributed by atoms with van der Waals surface area (Å²) >= 11 is 0. The molecule has 100 valence electrons. The molecule has 1 saturated carbocycles. The molecule has 0 aliphatic heterocycles. The average Bonchev–Trinajstić information content (AvgIpc) is 3.10. The minimum atomic E-state index is -0.197. The summed E-state index contributed by atoms with van der Waals surface area (Å²) in [6, 6.07) is 5.66. The number of benzene rings is 1. The van der Waals surface area contributed by atoms with Gasteiger partial charge < -0.3 is 9.73 Å². The fourth-order valence-electron chi connectivity index (χ4n) is 2.03. The zero-order valence-corrected chi connectivity index (χ0v) is 10.9. The Morgan fingerprint density at radius 1 is 1.42 bits per heavy atom. The van der Waals surface area contributed by atoms with Crippen molar-refractivity contribution < 1.29 is 8.81 Å². The molecular weight excluding hydrogens is 243 g/mol. The molecule has 0 radical (unpaired) electrons. The van der Waals surface area contributed by atoms with Gasteiger partial charge in [-0.15, -0.1) is 0 Å². The SMILES string of the molecule is Cc1cc(-c2cnc(CCNC3CC3)o2)ccc1F. The number of rotatable bonds is 5. The fourth-order valence-corrected chi connectivity index (χ4v) is 2.03. The lowest BCUT2D eigenvalue weighted by Crippen LogP contribution is -2.19. The van der Waals surface area contributed by atoms with Crippen LogP contribution in [0.4, 0.5) is 4.39 Å². The van der Waals surface area contributed by atoms with Crippen molar-refractivity contribution in [2.24, 2.45) is 0 Å². The van der Waals surface area contributed by atoms with E-state index in [-0.39, 0.29) is 5.82 Å². The molecular formula is C15H17FN2O. The second kappa shape index (κ2) is 5.13. The summed E-state index contributed by atoms with van der Waals surface area (Å²) in [6.45, 7) is 2.64. The number of oxazole rings is 1. The monoisotopic (exact) mass is 260 g/mol. The number of halogens is 1. The molecule has 1 N–H and O–H groups in total. The average molecular weight is 260 g/mol. The molecule has 0 amide bonds. The van der Waals surface area contributed by atoms with Crippen LogP contribution in [-0.2, 0) is 6.42 Å². The summed E-state index contributed by atoms with van der Waals surface area (Å²) in [4.78, 5) is 4.26. The third-order valence-corrected chi connectivity index (χ3v) is 3.35. The molecule has 0 saturated heterocycles. The quantitative estimate of drug-likeness (QED) is 0.897. The van der Waals surface area contributed by atoms with Gasteiger partial charge in [-0.3, -0.25) is 0 Å². The molecule has 2 aromatic rings. The highest BCUT2D eigenvalue weighted by atomic mass is 19.1. The van der Waals surface area contributed by atoms with Gasteiger partial charge >= 0.3 is 0 Å². The van der Waals surface area contributed by atoms with Crippen molar-refractivity contribution in [1.29, 1.82) is 0 Å². The van der Waals surface area contributed by atoms with Crippen LogP contribution < -0.4 is 5.32 Å². The molecule has 1 heterocycles. The van der Waals surface area contributed by atoms with E-state index in [2.05, 4.69) is 10.3 Å². The van der Waals surface area contributed by atoms with E-state index in [1.165, 1.54) is 18.9 Å². The zero-order chi connectivity index (χ0) is 13.2. The highest BCUT2D eigenvalue weighted by molar-refractivity contribution is 5.57. The Balaban J connectivity index is 1.67. The predicted molar refractivity (Wildman–Crippen MR) is 71.4 cm³/mol. The van der Waals surface area contributed by atoms with Gasteiger partial charge in [-0.1, -0.05) is 0 Å². The summed E-state index contributed by atoms with van der Waals surface area (Å²) in [5, 5.41) is 3.42. The second-order valence-electron chi connectivity index (χ2n) is 5.06. The number of hydrogen-bond donors (Lipinski definition) is 1. The molecule has 1 fully saturated rings. The van der Waals surface area contributed by atoms with Crippen molar-refractivity contribution in [3.05, 3.63) is 41.7 Å². The van der Waals surface area contributed by atoms with Gasteiger partial charge in [-0.25, -0.2) is 9.37 Å². The topological polar surface area (TPSA) is 38.1 Å². The minimum absolute atomic E-state index is 0.197. The normalized spacial score (nSPS) is 14.8. The van der Waals surface area contributed by atoms with Gasteiger partial charge in [0.25, 0.3) is 0 Å².